The summed E-state index contributed by atoms with van der Waals surface area (Å²) in [6.07, 6.45) is 4.95. The molecule has 2 aromatic heterocycles. The van der Waals surface area contributed by atoms with E-state index in [-0.39, 0.29) is 5.56 Å². The van der Waals surface area contributed by atoms with Gasteiger partial charge < -0.3 is 4.98 Å². The average Bonchev–Trinajstić information content (AvgIpc) is 3.07. The number of halogens is 2. The van der Waals surface area contributed by atoms with Crippen LogP contribution in [-0.4, -0.2) is 9.97 Å². The van der Waals surface area contributed by atoms with Gasteiger partial charge in [-0.1, -0.05) is 39.7 Å². The number of aromatic amines is 1. The lowest BCUT2D eigenvalue weighted by Crippen LogP contribution is -2.10. The fourth-order valence-corrected chi connectivity index (χ4v) is 4.82. The maximum absolute atomic E-state index is 12.4. The summed E-state index contributed by atoms with van der Waals surface area (Å²) >= 11 is 11.4. The van der Waals surface area contributed by atoms with Crippen LogP contribution < -0.4 is 5.56 Å². The molecule has 0 bridgehead atoms. The van der Waals surface area contributed by atoms with Crippen molar-refractivity contribution in [2.45, 2.75) is 19.3 Å². The van der Waals surface area contributed by atoms with Gasteiger partial charge in [0.05, 0.1) is 10.4 Å². The van der Waals surface area contributed by atoms with Crippen LogP contribution in [-0.2, 0) is 12.8 Å². The van der Waals surface area contributed by atoms with Crippen molar-refractivity contribution in [1.82, 2.24) is 9.97 Å². The van der Waals surface area contributed by atoms with Gasteiger partial charge in [-0.05, 0) is 48.6 Å². The molecule has 0 unspecified atom stereocenters. The van der Waals surface area contributed by atoms with Gasteiger partial charge in [0.15, 0.2) is 5.82 Å². The standard InChI is InChI=1S/C17H12BrClN2OS/c18-10-4-1-3-9(7-10)8-12(19)15-20-16(22)14-11-5-2-6-13(11)23-17(14)21-15/h1,3-4,7-8H,2,5-6H2,(H,20,21,22)/b12-8-. The second-order valence-electron chi connectivity index (χ2n) is 5.50. The predicted molar refractivity (Wildman–Crippen MR) is 100 cm³/mol. The van der Waals surface area contributed by atoms with Crippen molar-refractivity contribution < 1.29 is 0 Å². The summed E-state index contributed by atoms with van der Waals surface area (Å²) < 4.78 is 0.974. The third-order valence-corrected chi connectivity index (χ3v) is 5.91. The first-order valence-electron chi connectivity index (χ1n) is 7.29. The Morgan fingerprint density at radius 3 is 3.09 bits per heavy atom. The van der Waals surface area contributed by atoms with Gasteiger partial charge in [-0.3, -0.25) is 4.79 Å². The molecule has 0 saturated heterocycles. The largest absolute Gasteiger partial charge is 0.305 e. The van der Waals surface area contributed by atoms with Crippen LogP contribution >= 0.6 is 38.9 Å². The SMILES string of the molecule is O=c1[nH]c(/C(Cl)=C/c2cccc(Br)c2)nc2sc3c(c12)CCC3. The van der Waals surface area contributed by atoms with Crippen molar-refractivity contribution in [3.8, 4) is 0 Å². The molecule has 1 aromatic carbocycles. The average molecular weight is 408 g/mol. The number of H-pyrrole nitrogens is 1. The molecule has 0 spiro atoms. The zero-order chi connectivity index (χ0) is 16.0. The van der Waals surface area contributed by atoms with E-state index in [1.165, 1.54) is 10.4 Å². The van der Waals surface area contributed by atoms with Crippen LogP contribution in [0.3, 0.4) is 0 Å². The van der Waals surface area contributed by atoms with Gasteiger partial charge in [-0.2, -0.15) is 0 Å². The van der Waals surface area contributed by atoms with Crippen molar-refractivity contribution in [3.05, 3.63) is 60.9 Å². The summed E-state index contributed by atoms with van der Waals surface area (Å²) in [5.41, 5.74) is 2.03. The van der Waals surface area contributed by atoms with E-state index in [1.54, 1.807) is 17.4 Å². The minimum absolute atomic E-state index is 0.0924. The van der Waals surface area contributed by atoms with Gasteiger partial charge in [0.2, 0.25) is 0 Å². The van der Waals surface area contributed by atoms with E-state index in [9.17, 15) is 4.79 Å². The highest BCUT2D eigenvalue weighted by Gasteiger charge is 2.21. The number of benzene rings is 1. The lowest BCUT2D eigenvalue weighted by molar-refractivity contribution is 0.916. The van der Waals surface area contributed by atoms with Crippen LogP contribution in [0, 0.1) is 0 Å². The molecule has 1 aliphatic rings. The van der Waals surface area contributed by atoms with Gasteiger partial charge >= 0.3 is 0 Å². The molecule has 1 aliphatic carbocycles. The van der Waals surface area contributed by atoms with E-state index in [1.807, 2.05) is 24.3 Å². The molecule has 116 valence electrons. The van der Waals surface area contributed by atoms with Crippen LogP contribution in [0.2, 0.25) is 0 Å². The number of nitrogens with one attached hydrogen (secondary N) is 1. The number of rotatable bonds is 2. The van der Waals surface area contributed by atoms with Crippen molar-refractivity contribution in [2.24, 2.45) is 0 Å². The highest BCUT2D eigenvalue weighted by Crippen LogP contribution is 2.35. The number of aromatic nitrogens is 2. The molecule has 3 aromatic rings. The maximum Gasteiger partial charge on any atom is 0.260 e. The number of nitrogens with zero attached hydrogens (tertiary/aromatic N) is 1. The van der Waals surface area contributed by atoms with E-state index in [4.69, 9.17) is 11.6 Å². The zero-order valence-electron chi connectivity index (χ0n) is 12.0. The highest BCUT2D eigenvalue weighted by molar-refractivity contribution is 9.10. The molecule has 0 radical (unpaired) electrons. The minimum atomic E-state index is -0.0924. The second kappa shape index (κ2) is 5.89. The summed E-state index contributed by atoms with van der Waals surface area (Å²) in [4.78, 5) is 21.9. The van der Waals surface area contributed by atoms with Crippen molar-refractivity contribution >= 4 is 60.2 Å². The number of hydrogen-bond donors (Lipinski definition) is 1. The van der Waals surface area contributed by atoms with E-state index in [2.05, 4.69) is 25.9 Å². The van der Waals surface area contributed by atoms with Crippen molar-refractivity contribution in [3.63, 3.8) is 0 Å². The van der Waals surface area contributed by atoms with Gasteiger partial charge in [0.25, 0.3) is 5.56 Å². The molecule has 6 heteroatoms. The van der Waals surface area contributed by atoms with Crippen LogP contribution in [0.15, 0.2) is 33.5 Å². The summed E-state index contributed by atoms with van der Waals surface area (Å²) in [5, 5.41) is 1.17. The fourth-order valence-electron chi connectivity index (χ4n) is 2.93. The molecule has 4 rings (SSSR count). The number of hydrogen-bond acceptors (Lipinski definition) is 3. The zero-order valence-corrected chi connectivity index (χ0v) is 15.2. The summed E-state index contributed by atoms with van der Waals surface area (Å²) in [6, 6.07) is 7.79. The Balaban J connectivity index is 1.81. The first kappa shape index (κ1) is 15.1. The lowest BCUT2D eigenvalue weighted by Gasteiger charge is -2.01. The van der Waals surface area contributed by atoms with Crippen LogP contribution in [0.1, 0.15) is 28.2 Å². The minimum Gasteiger partial charge on any atom is -0.305 e. The van der Waals surface area contributed by atoms with Gasteiger partial charge in [-0.15, -0.1) is 11.3 Å². The summed E-state index contributed by atoms with van der Waals surface area (Å²) in [7, 11) is 0. The van der Waals surface area contributed by atoms with E-state index >= 15 is 0 Å². The highest BCUT2D eigenvalue weighted by atomic mass is 79.9. The Morgan fingerprint density at radius 2 is 2.26 bits per heavy atom. The molecule has 3 nitrogen and oxygen atoms in total. The monoisotopic (exact) mass is 406 g/mol. The third kappa shape index (κ3) is 2.77. The molecular formula is C17H12BrClN2OS. The number of fused-ring (bicyclic) bond motifs is 3. The van der Waals surface area contributed by atoms with Crippen LogP contribution in [0.25, 0.3) is 21.3 Å². The molecule has 0 amide bonds. The molecule has 0 aliphatic heterocycles. The quantitative estimate of drug-likeness (QED) is 0.651. The van der Waals surface area contributed by atoms with E-state index in [0.717, 1.165) is 39.5 Å². The number of thiophene rings is 1. The van der Waals surface area contributed by atoms with Crippen molar-refractivity contribution in [1.29, 1.82) is 0 Å². The molecule has 0 saturated carbocycles. The summed E-state index contributed by atoms with van der Waals surface area (Å²) in [6.45, 7) is 0. The van der Waals surface area contributed by atoms with Crippen molar-refractivity contribution in [2.75, 3.05) is 0 Å². The topological polar surface area (TPSA) is 45.8 Å². The van der Waals surface area contributed by atoms with Crippen LogP contribution in [0.4, 0.5) is 0 Å². The van der Waals surface area contributed by atoms with E-state index in [0.29, 0.717) is 10.9 Å². The Bertz CT molecular complexity index is 1010. The Morgan fingerprint density at radius 1 is 1.39 bits per heavy atom. The lowest BCUT2D eigenvalue weighted by atomic mass is 10.2. The Kier molecular flexibility index (Phi) is 3.87. The van der Waals surface area contributed by atoms with Gasteiger partial charge in [0, 0.05) is 9.35 Å². The van der Waals surface area contributed by atoms with Gasteiger partial charge in [-0.25, -0.2) is 4.98 Å². The molecule has 0 fully saturated rings. The van der Waals surface area contributed by atoms with Crippen LogP contribution in [0.5, 0.6) is 0 Å². The fraction of sp³-hybridized carbons (Fsp3) is 0.176. The molecule has 23 heavy (non-hydrogen) atoms. The molecule has 0 atom stereocenters. The normalized spacial score (nSPS) is 14.4. The first-order valence-corrected chi connectivity index (χ1v) is 9.28. The molecule has 2 heterocycles. The number of aryl methyl sites for hydroxylation is 2. The smallest absolute Gasteiger partial charge is 0.260 e. The predicted octanol–water partition coefficient (Wildman–Crippen LogP) is 4.97. The maximum atomic E-state index is 12.4. The second-order valence-corrected chi connectivity index (χ2v) is 7.91. The summed E-state index contributed by atoms with van der Waals surface area (Å²) in [5.74, 6) is 0.420. The first-order chi connectivity index (χ1) is 11.1. The van der Waals surface area contributed by atoms with E-state index < -0.39 is 0 Å². The Hall–Kier alpha value is -1.43. The molecular weight excluding hydrogens is 396 g/mol. The van der Waals surface area contributed by atoms with Gasteiger partial charge in [0.1, 0.15) is 4.83 Å². The molecule has 1 N–H and O–H groups in total. The Labute approximate surface area is 150 Å². The third-order valence-electron chi connectivity index (χ3n) is 3.94.